The first-order chi connectivity index (χ1) is 8.83. The molecule has 0 aliphatic carbocycles. The van der Waals surface area contributed by atoms with Crippen LogP contribution in [0.15, 0.2) is 30.5 Å². The Balaban J connectivity index is 2.14. The molecule has 0 saturated heterocycles. The van der Waals surface area contributed by atoms with Gasteiger partial charge in [-0.1, -0.05) is 19.1 Å². The van der Waals surface area contributed by atoms with E-state index in [-0.39, 0.29) is 6.04 Å². The van der Waals surface area contributed by atoms with Crippen molar-refractivity contribution in [3.05, 3.63) is 36.2 Å². The Morgan fingerprint density at radius 1 is 1.28 bits per heavy atom. The van der Waals surface area contributed by atoms with Gasteiger partial charge in [0.25, 0.3) is 0 Å². The molecule has 0 bridgehead atoms. The first-order valence-corrected chi connectivity index (χ1v) is 6.26. The van der Waals surface area contributed by atoms with E-state index in [4.69, 9.17) is 4.74 Å². The van der Waals surface area contributed by atoms with E-state index < -0.39 is 0 Å². The van der Waals surface area contributed by atoms with Crippen LogP contribution < -0.4 is 5.32 Å². The number of hydrogen-bond donors (Lipinski definition) is 1. The highest BCUT2D eigenvalue weighted by Crippen LogP contribution is 2.09. The molecule has 0 radical (unpaired) electrons. The van der Waals surface area contributed by atoms with Gasteiger partial charge in [0.15, 0.2) is 0 Å². The summed E-state index contributed by atoms with van der Waals surface area (Å²) in [5, 5.41) is 3.39. The van der Waals surface area contributed by atoms with E-state index in [0.29, 0.717) is 6.61 Å². The van der Waals surface area contributed by atoms with Gasteiger partial charge in [0.1, 0.15) is 0 Å². The average molecular weight is 245 g/mol. The van der Waals surface area contributed by atoms with Gasteiger partial charge in [-0.15, -0.1) is 0 Å². The molecule has 2 rings (SSSR count). The lowest BCUT2D eigenvalue weighted by molar-refractivity contribution is 0.166. The lowest BCUT2D eigenvalue weighted by Crippen LogP contribution is -2.35. The Morgan fingerprint density at radius 2 is 2.06 bits per heavy atom. The monoisotopic (exact) mass is 245 g/mol. The molecule has 1 aromatic heterocycles. The standard InChI is InChI=1S/C14H19N3O/c1-3-15-12(10-18-2)8-11-9-16-13-6-4-5-7-14(13)17-11/h4-7,9,12,15H,3,8,10H2,1-2H3. The van der Waals surface area contributed by atoms with Crippen molar-refractivity contribution in [1.29, 1.82) is 0 Å². The van der Waals surface area contributed by atoms with E-state index in [1.165, 1.54) is 0 Å². The lowest BCUT2D eigenvalue weighted by Gasteiger charge is -2.16. The van der Waals surface area contributed by atoms with Crippen LogP contribution in [0.25, 0.3) is 11.0 Å². The number of fused-ring (bicyclic) bond motifs is 1. The van der Waals surface area contributed by atoms with Gasteiger partial charge in [-0.25, -0.2) is 4.98 Å². The highest BCUT2D eigenvalue weighted by molar-refractivity contribution is 5.73. The van der Waals surface area contributed by atoms with E-state index in [2.05, 4.69) is 22.2 Å². The third-order valence-electron chi connectivity index (χ3n) is 2.81. The van der Waals surface area contributed by atoms with Crippen LogP contribution in [-0.2, 0) is 11.2 Å². The fraction of sp³-hybridized carbons (Fsp3) is 0.429. The van der Waals surface area contributed by atoms with Crippen LogP contribution in [0.4, 0.5) is 0 Å². The van der Waals surface area contributed by atoms with Crippen molar-refractivity contribution in [2.45, 2.75) is 19.4 Å². The second-order valence-corrected chi connectivity index (χ2v) is 4.26. The van der Waals surface area contributed by atoms with Gasteiger partial charge >= 0.3 is 0 Å². The summed E-state index contributed by atoms with van der Waals surface area (Å²) >= 11 is 0. The molecule has 1 unspecified atom stereocenters. The maximum Gasteiger partial charge on any atom is 0.0890 e. The summed E-state index contributed by atoms with van der Waals surface area (Å²) in [5.74, 6) is 0. The summed E-state index contributed by atoms with van der Waals surface area (Å²) in [6.07, 6.45) is 2.68. The molecular formula is C14H19N3O. The molecule has 0 aliphatic rings. The van der Waals surface area contributed by atoms with Crippen molar-refractivity contribution in [2.24, 2.45) is 0 Å². The maximum absolute atomic E-state index is 5.21. The Labute approximate surface area is 107 Å². The van der Waals surface area contributed by atoms with Crippen LogP contribution in [0.3, 0.4) is 0 Å². The fourth-order valence-corrected chi connectivity index (χ4v) is 2.03. The first-order valence-electron chi connectivity index (χ1n) is 6.26. The second kappa shape index (κ2) is 6.42. The summed E-state index contributed by atoms with van der Waals surface area (Å²) in [7, 11) is 1.72. The molecule has 1 heterocycles. The SMILES string of the molecule is CCNC(COC)Cc1cnc2ccccc2n1. The number of aromatic nitrogens is 2. The number of ether oxygens (including phenoxy) is 1. The molecule has 0 saturated carbocycles. The summed E-state index contributed by atoms with van der Waals surface area (Å²) < 4.78 is 5.21. The molecule has 0 spiro atoms. The zero-order chi connectivity index (χ0) is 12.8. The van der Waals surface area contributed by atoms with E-state index in [1.807, 2.05) is 30.5 Å². The number of para-hydroxylation sites is 2. The lowest BCUT2D eigenvalue weighted by atomic mass is 10.1. The highest BCUT2D eigenvalue weighted by atomic mass is 16.5. The number of hydrogen-bond acceptors (Lipinski definition) is 4. The Morgan fingerprint density at radius 3 is 2.78 bits per heavy atom. The van der Waals surface area contributed by atoms with E-state index in [0.717, 1.165) is 29.7 Å². The topological polar surface area (TPSA) is 47.0 Å². The normalized spacial score (nSPS) is 12.8. The van der Waals surface area contributed by atoms with Gasteiger partial charge < -0.3 is 10.1 Å². The molecule has 4 heteroatoms. The summed E-state index contributed by atoms with van der Waals surface area (Å²) in [6.45, 7) is 3.70. The largest absolute Gasteiger partial charge is 0.383 e. The van der Waals surface area contributed by atoms with Crippen molar-refractivity contribution < 1.29 is 4.74 Å². The van der Waals surface area contributed by atoms with Gasteiger partial charge in [0.05, 0.1) is 23.3 Å². The molecule has 1 aromatic carbocycles. The van der Waals surface area contributed by atoms with Crippen LogP contribution in [0.1, 0.15) is 12.6 Å². The molecule has 2 aromatic rings. The number of nitrogens with zero attached hydrogens (tertiary/aromatic N) is 2. The number of rotatable bonds is 6. The number of likely N-dealkylation sites (N-methyl/N-ethyl adjacent to an activating group) is 1. The first kappa shape index (κ1) is 12.9. The van der Waals surface area contributed by atoms with Gasteiger partial charge in [-0.05, 0) is 18.7 Å². The van der Waals surface area contributed by atoms with Gasteiger partial charge in [-0.3, -0.25) is 4.98 Å². The van der Waals surface area contributed by atoms with Crippen LogP contribution in [0, 0.1) is 0 Å². The number of nitrogens with one attached hydrogen (secondary N) is 1. The van der Waals surface area contributed by atoms with E-state index in [9.17, 15) is 0 Å². The van der Waals surface area contributed by atoms with Crippen molar-refractivity contribution in [3.63, 3.8) is 0 Å². The van der Waals surface area contributed by atoms with Crippen molar-refractivity contribution in [1.82, 2.24) is 15.3 Å². The third-order valence-corrected chi connectivity index (χ3v) is 2.81. The summed E-state index contributed by atoms with van der Waals surface area (Å²) in [4.78, 5) is 9.04. The Bertz CT molecular complexity index is 495. The van der Waals surface area contributed by atoms with Crippen molar-refractivity contribution in [2.75, 3.05) is 20.3 Å². The third kappa shape index (κ3) is 3.24. The fourth-order valence-electron chi connectivity index (χ4n) is 2.03. The quantitative estimate of drug-likeness (QED) is 0.843. The minimum atomic E-state index is 0.287. The molecular weight excluding hydrogens is 226 g/mol. The van der Waals surface area contributed by atoms with Crippen LogP contribution >= 0.6 is 0 Å². The van der Waals surface area contributed by atoms with Gasteiger partial charge in [0.2, 0.25) is 0 Å². The molecule has 0 amide bonds. The Kier molecular flexibility index (Phi) is 4.61. The number of methoxy groups -OCH3 is 1. The molecule has 1 atom stereocenters. The molecule has 1 N–H and O–H groups in total. The predicted molar refractivity (Wildman–Crippen MR) is 72.6 cm³/mol. The van der Waals surface area contributed by atoms with Crippen LogP contribution in [0.5, 0.6) is 0 Å². The molecule has 96 valence electrons. The maximum atomic E-state index is 5.21. The summed E-state index contributed by atoms with van der Waals surface area (Å²) in [6, 6.07) is 8.21. The summed E-state index contributed by atoms with van der Waals surface area (Å²) in [5.41, 5.74) is 2.88. The minimum absolute atomic E-state index is 0.287. The zero-order valence-corrected chi connectivity index (χ0v) is 10.9. The molecule has 18 heavy (non-hydrogen) atoms. The van der Waals surface area contributed by atoms with Gasteiger partial charge in [0, 0.05) is 25.8 Å². The van der Waals surface area contributed by atoms with Gasteiger partial charge in [-0.2, -0.15) is 0 Å². The van der Waals surface area contributed by atoms with Crippen molar-refractivity contribution in [3.8, 4) is 0 Å². The number of benzene rings is 1. The average Bonchev–Trinajstić information content (AvgIpc) is 2.39. The van der Waals surface area contributed by atoms with Crippen molar-refractivity contribution >= 4 is 11.0 Å². The smallest absolute Gasteiger partial charge is 0.0890 e. The zero-order valence-electron chi connectivity index (χ0n) is 10.9. The Hall–Kier alpha value is -1.52. The van der Waals surface area contributed by atoms with Crippen LogP contribution in [-0.4, -0.2) is 36.3 Å². The highest BCUT2D eigenvalue weighted by Gasteiger charge is 2.09. The predicted octanol–water partition coefficient (Wildman–Crippen LogP) is 1.80. The minimum Gasteiger partial charge on any atom is -0.383 e. The molecule has 4 nitrogen and oxygen atoms in total. The van der Waals surface area contributed by atoms with E-state index in [1.54, 1.807) is 7.11 Å². The molecule has 0 fully saturated rings. The second-order valence-electron chi connectivity index (χ2n) is 4.26. The van der Waals surface area contributed by atoms with Crippen LogP contribution in [0.2, 0.25) is 0 Å². The van der Waals surface area contributed by atoms with E-state index >= 15 is 0 Å². The molecule has 0 aliphatic heterocycles.